The molecule has 1 heterocycles. The van der Waals surface area contributed by atoms with Crippen LogP contribution in [-0.2, 0) is 4.74 Å². The molecule has 15 heavy (non-hydrogen) atoms. The highest BCUT2D eigenvalue weighted by atomic mass is 19.1. The monoisotopic (exact) mass is 212 g/mol. The van der Waals surface area contributed by atoms with Gasteiger partial charge < -0.3 is 14.9 Å². The first-order valence-electron chi connectivity index (χ1n) is 4.71. The van der Waals surface area contributed by atoms with E-state index < -0.39 is 30.5 Å². The molecule has 1 unspecified atom stereocenters. The number of hydrogen-bond donors (Lipinski definition) is 2. The molecule has 0 aromatic heterocycles. The van der Waals surface area contributed by atoms with Crippen LogP contribution in [-0.4, -0.2) is 48.5 Å². The molecule has 1 saturated heterocycles. The van der Waals surface area contributed by atoms with Crippen molar-refractivity contribution >= 4 is 7.85 Å². The van der Waals surface area contributed by atoms with Crippen LogP contribution in [0.5, 0.6) is 0 Å². The number of aliphatic hydroxyl groups excluding tert-OH is 2. The van der Waals surface area contributed by atoms with E-state index in [1.54, 1.807) is 13.8 Å². The Balaban J connectivity index is 2.97. The second kappa shape index (κ2) is 4.50. The van der Waals surface area contributed by atoms with Crippen LogP contribution >= 0.6 is 0 Å². The molecule has 0 aromatic carbocycles. The molecule has 0 bridgehead atoms. The number of halogens is 1. The highest BCUT2D eigenvalue weighted by molar-refractivity contribution is 6.12. The predicted molar refractivity (Wildman–Crippen MR) is 54.3 cm³/mol. The summed E-state index contributed by atoms with van der Waals surface area (Å²) in [5, 5.41) is 18.4. The zero-order chi connectivity index (χ0) is 11.6. The van der Waals surface area contributed by atoms with Gasteiger partial charge in [0, 0.05) is 0 Å². The van der Waals surface area contributed by atoms with Crippen LogP contribution in [0.25, 0.3) is 0 Å². The summed E-state index contributed by atoms with van der Waals surface area (Å²) in [6.07, 6.45) is -1.39. The summed E-state index contributed by atoms with van der Waals surface area (Å²) in [6, 6.07) is -1.28. The van der Waals surface area contributed by atoms with E-state index in [-0.39, 0.29) is 0 Å². The molecule has 2 N–H and O–H groups in total. The lowest BCUT2D eigenvalue weighted by Gasteiger charge is -2.22. The van der Waals surface area contributed by atoms with Gasteiger partial charge >= 0.3 is 0 Å². The minimum atomic E-state index is -2.19. The van der Waals surface area contributed by atoms with Crippen molar-refractivity contribution in [3.63, 3.8) is 0 Å². The van der Waals surface area contributed by atoms with Gasteiger partial charge in [-0.25, -0.2) is 4.39 Å². The molecular weight excluding hydrogens is 198 g/mol. The molecule has 2 radical (unpaired) electrons. The van der Waals surface area contributed by atoms with Crippen molar-refractivity contribution < 1.29 is 19.3 Å². The Morgan fingerprint density at radius 1 is 1.67 bits per heavy atom. The molecule has 3 nitrogen and oxygen atoms in total. The summed E-state index contributed by atoms with van der Waals surface area (Å²) in [4.78, 5) is 0. The summed E-state index contributed by atoms with van der Waals surface area (Å²) in [5.41, 5.74) is 1.22. The van der Waals surface area contributed by atoms with Gasteiger partial charge in [0.25, 0.3) is 0 Å². The first-order chi connectivity index (χ1) is 6.91. The summed E-state index contributed by atoms with van der Waals surface area (Å²) in [6.45, 7) is 3.03. The third kappa shape index (κ3) is 2.32. The Morgan fingerprint density at radius 3 is 2.67 bits per heavy atom. The van der Waals surface area contributed by atoms with E-state index in [1.165, 1.54) is 0 Å². The number of hydrogen-bond acceptors (Lipinski definition) is 3. The fraction of sp³-hybridized carbons (Fsp3) is 0.700. The topological polar surface area (TPSA) is 49.7 Å². The summed E-state index contributed by atoms with van der Waals surface area (Å²) in [5.74, 6) is 0. The van der Waals surface area contributed by atoms with Crippen molar-refractivity contribution in [2.24, 2.45) is 0 Å². The van der Waals surface area contributed by atoms with Gasteiger partial charge in [-0.3, -0.25) is 0 Å². The predicted octanol–water partition coefficient (Wildman–Crippen LogP) is 0.0626. The minimum Gasteiger partial charge on any atom is -0.394 e. The zero-order valence-corrected chi connectivity index (χ0v) is 8.77. The minimum absolute atomic E-state index is 0.469. The Labute approximate surface area is 89.7 Å². The maximum absolute atomic E-state index is 14.2. The lowest BCUT2D eigenvalue weighted by molar-refractivity contribution is -0.00856. The van der Waals surface area contributed by atoms with Gasteiger partial charge in [-0.1, -0.05) is 0 Å². The van der Waals surface area contributed by atoms with E-state index in [1.807, 2.05) is 0 Å². The molecule has 0 aliphatic carbocycles. The molecule has 1 aliphatic rings. The van der Waals surface area contributed by atoms with Crippen molar-refractivity contribution in [1.29, 1.82) is 0 Å². The Hall–Kier alpha value is -0.605. The smallest absolute Gasteiger partial charge is 0.182 e. The highest BCUT2D eigenvalue weighted by Gasteiger charge is 2.52. The molecule has 0 amide bonds. The van der Waals surface area contributed by atoms with Gasteiger partial charge in [-0.05, 0) is 25.5 Å². The van der Waals surface area contributed by atoms with Crippen LogP contribution < -0.4 is 0 Å². The van der Waals surface area contributed by atoms with E-state index in [0.717, 1.165) is 11.6 Å². The van der Waals surface area contributed by atoms with Crippen LogP contribution in [0.15, 0.2) is 17.4 Å². The molecule has 5 heteroatoms. The molecule has 1 aliphatic heterocycles. The average Bonchev–Trinajstić information content (AvgIpc) is 2.40. The van der Waals surface area contributed by atoms with E-state index >= 15 is 0 Å². The normalized spacial score (nSPS) is 39.9. The zero-order valence-electron chi connectivity index (χ0n) is 8.77. The quantitative estimate of drug-likeness (QED) is 0.502. The van der Waals surface area contributed by atoms with Crippen molar-refractivity contribution in [3.8, 4) is 0 Å². The number of ether oxygens (including phenoxy) is 1. The summed E-state index contributed by atoms with van der Waals surface area (Å²) < 4.78 is 19.0. The fourth-order valence-electron chi connectivity index (χ4n) is 1.39. The average molecular weight is 212 g/mol. The largest absolute Gasteiger partial charge is 0.394 e. The van der Waals surface area contributed by atoms with E-state index in [9.17, 15) is 9.50 Å². The third-order valence-corrected chi connectivity index (χ3v) is 2.32. The SMILES string of the molecule is [B][C@@H]1O[C@H](CO)C(O)[C@]1(F)C=C=C(C)C. The molecule has 0 aromatic rings. The molecule has 1 rings (SSSR count). The van der Waals surface area contributed by atoms with Crippen molar-refractivity contribution in [2.75, 3.05) is 6.61 Å². The standard InChI is InChI=1S/C10H14BFO3/c1-6(2)3-4-10(12)8(14)7(5-13)15-9(10)11/h4,7-9,13-14H,5H2,1-2H3/t7-,8?,9-,10-/m1/s1. The van der Waals surface area contributed by atoms with Crippen molar-refractivity contribution in [2.45, 2.75) is 37.7 Å². The van der Waals surface area contributed by atoms with Crippen LogP contribution in [0, 0.1) is 0 Å². The molecular formula is C10H14BFO3. The summed E-state index contributed by atoms with van der Waals surface area (Å²) >= 11 is 0. The molecule has 0 saturated carbocycles. The van der Waals surface area contributed by atoms with Crippen LogP contribution in [0.2, 0.25) is 0 Å². The van der Waals surface area contributed by atoms with Gasteiger partial charge in [-0.2, -0.15) is 0 Å². The first-order valence-corrected chi connectivity index (χ1v) is 4.71. The number of aliphatic hydroxyl groups is 2. The van der Waals surface area contributed by atoms with Gasteiger partial charge in [0.05, 0.1) is 12.6 Å². The number of alkyl halides is 1. The van der Waals surface area contributed by atoms with Crippen LogP contribution in [0.3, 0.4) is 0 Å². The van der Waals surface area contributed by atoms with Crippen molar-refractivity contribution in [3.05, 3.63) is 17.4 Å². The van der Waals surface area contributed by atoms with E-state index in [4.69, 9.17) is 17.7 Å². The van der Waals surface area contributed by atoms with Gasteiger partial charge in [0.1, 0.15) is 20.1 Å². The van der Waals surface area contributed by atoms with Gasteiger partial charge in [0.15, 0.2) is 5.67 Å². The lowest BCUT2D eigenvalue weighted by atomic mass is 9.81. The molecule has 4 atom stereocenters. The van der Waals surface area contributed by atoms with Crippen LogP contribution in [0.1, 0.15) is 13.8 Å². The second-order valence-electron chi connectivity index (χ2n) is 3.84. The molecule has 82 valence electrons. The number of rotatable bonds is 2. The molecule has 0 spiro atoms. The first kappa shape index (κ1) is 12.5. The van der Waals surface area contributed by atoms with Crippen LogP contribution in [0.4, 0.5) is 4.39 Å². The van der Waals surface area contributed by atoms with Gasteiger partial charge in [-0.15, -0.1) is 5.73 Å². The lowest BCUT2D eigenvalue weighted by Crippen LogP contribution is -2.43. The molecule has 1 fully saturated rings. The summed E-state index contributed by atoms with van der Waals surface area (Å²) in [7, 11) is 5.41. The van der Waals surface area contributed by atoms with Crippen molar-refractivity contribution in [1.82, 2.24) is 0 Å². The Bertz CT molecular complexity index is 297. The maximum Gasteiger partial charge on any atom is 0.182 e. The Kier molecular flexibility index (Phi) is 3.74. The fourth-order valence-corrected chi connectivity index (χ4v) is 1.39. The second-order valence-corrected chi connectivity index (χ2v) is 3.84. The maximum atomic E-state index is 14.2. The third-order valence-electron chi connectivity index (χ3n) is 2.32. The van der Waals surface area contributed by atoms with E-state index in [2.05, 4.69) is 5.73 Å². The van der Waals surface area contributed by atoms with Gasteiger partial charge in [0.2, 0.25) is 0 Å². The highest BCUT2D eigenvalue weighted by Crippen LogP contribution is 2.34. The Morgan fingerprint density at radius 2 is 2.27 bits per heavy atom. The van der Waals surface area contributed by atoms with E-state index in [0.29, 0.717) is 0 Å².